The maximum atomic E-state index is 12.5. The number of rotatable bonds is 5. The molecule has 0 aromatic carbocycles. The summed E-state index contributed by atoms with van der Waals surface area (Å²) < 4.78 is 0. The Balaban J connectivity index is 1.31. The summed E-state index contributed by atoms with van der Waals surface area (Å²) in [5.74, 6) is 2.19. The molecule has 23 heavy (non-hydrogen) atoms. The van der Waals surface area contributed by atoms with Crippen LogP contribution < -0.4 is 5.32 Å². The van der Waals surface area contributed by atoms with E-state index < -0.39 is 5.60 Å². The molecule has 130 valence electrons. The standard InChI is InChI=1S/C19H32N2O2/c1-2-21-4-3-14(12-21)11-20-17(22)10-18-6-15-5-16(7-18)9-19(23,8-15)13-18/h14-16,23H,2-13H2,1H3,(H,20,22)/t14-,15+,16+,18?,19?/m0/s1. The van der Waals surface area contributed by atoms with Crippen LogP contribution in [0.25, 0.3) is 0 Å². The number of carbonyl (C=O) groups excluding carboxylic acids is 1. The van der Waals surface area contributed by atoms with Crippen molar-refractivity contribution in [3.05, 3.63) is 0 Å². The highest BCUT2D eigenvalue weighted by molar-refractivity contribution is 5.76. The van der Waals surface area contributed by atoms with Crippen molar-refractivity contribution in [2.45, 2.75) is 63.9 Å². The Morgan fingerprint density at radius 1 is 1.26 bits per heavy atom. The van der Waals surface area contributed by atoms with Crippen LogP contribution in [0.3, 0.4) is 0 Å². The second-order valence-electron chi connectivity index (χ2n) is 9.21. The average molecular weight is 320 g/mol. The first-order valence-corrected chi connectivity index (χ1v) is 9.69. The van der Waals surface area contributed by atoms with Gasteiger partial charge in [-0.1, -0.05) is 6.92 Å². The Kier molecular flexibility index (Phi) is 3.96. The SMILES string of the molecule is CCN1CC[C@@H](CNC(=O)CC23C[C@H]4C[C@@H](CC(O)(C4)C2)C3)C1. The molecule has 4 saturated carbocycles. The van der Waals surface area contributed by atoms with E-state index in [0.717, 1.165) is 38.9 Å². The van der Waals surface area contributed by atoms with E-state index in [1.165, 1.54) is 32.2 Å². The number of nitrogens with one attached hydrogen (secondary N) is 1. The Labute approximate surface area is 140 Å². The van der Waals surface area contributed by atoms with Gasteiger partial charge >= 0.3 is 0 Å². The van der Waals surface area contributed by atoms with E-state index in [-0.39, 0.29) is 11.3 Å². The fourth-order valence-corrected chi connectivity index (χ4v) is 6.64. The molecular formula is C19H32N2O2. The quantitative estimate of drug-likeness (QED) is 0.816. The molecular weight excluding hydrogens is 288 g/mol. The van der Waals surface area contributed by atoms with Crippen LogP contribution in [0.5, 0.6) is 0 Å². The Bertz CT molecular complexity index is 464. The van der Waals surface area contributed by atoms with E-state index >= 15 is 0 Å². The first kappa shape index (κ1) is 15.9. The monoisotopic (exact) mass is 320 g/mol. The van der Waals surface area contributed by atoms with Crippen LogP contribution in [0.15, 0.2) is 0 Å². The summed E-state index contributed by atoms with van der Waals surface area (Å²) in [6.45, 7) is 6.47. The molecule has 5 fully saturated rings. The molecule has 1 amide bonds. The van der Waals surface area contributed by atoms with Gasteiger partial charge in [0.2, 0.25) is 5.91 Å². The van der Waals surface area contributed by atoms with Gasteiger partial charge in [-0.2, -0.15) is 0 Å². The molecule has 1 saturated heterocycles. The van der Waals surface area contributed by atoms with Gasteiger partial charge in [0, 0.05) is 19.5 Å². The number of carbonyl (C=O) groups is 1. The molecule has 4 aliphatic carbocycles. The van der Waals surface area contributed by atoms with Crippen molar-refractivity contribution in [3.8, 4) is 0 Å². The molecule has 0 radical (unpaired) electrons. The van der Waals surface area contributed by atoms with Crippen LogP contribution in [0, 0.1) is 23.2 Å². The van der Waals surface area contributed by atoms with Gasteiger partial charge in [-0.25, -0.2) is 0 Å². The third-order valence-corrected chi connectivity index (χ3v) is 7.09. The molecule has 0 spiro atoms. The van der Waals surface area contributed by atoms with Crippen molar-refractivity contribution < 1.29 is 9.90 Å². The number of hydrogen-bond donors (Lipinski definition) is 2. The fourth-order valence-electron chi connectivity index (χ4n) is 6.64. The maximum Gasteiger partial charge on any atom is 0.220 e. The van der Waals surface area contributed by atoms with E-state index in [9.17, 15) is 9.90 Å². The second kappa shape index (κ2) is 5.73. The first-order chi connectivity index (χ1) is 11.0. The lowest BCUT2D eigenvalue weighted by atomic mass is 9.47. The molecule has 4 heteroatoms. The van der Waals surface area contributed by atoms with Crippen molar-refractivity contribution in [2.75, 3.05) is 26.2 Å². The van der Waals surface area contributed by atoms with Crippen LogP contribution in [-0.2, 0) is 4.79 Å². The maximum absolute atomic E-state index is 12.5. The zero-order valence-electron chi connectivity index (χ0n) is 14.5. The van der Waals surface area contributed by atoms with Gasteiger partial charge in [0.1, 0.15) is 0 Å². The van der Waals surface area contributed by atoms with Gasteiger partial charge < -0.3 is 15.3 Å². The number of aliphatic hydroxyl groups is 1. The largest absolute Gasteiger partial charge is 0.390 e. The fraction of sp³-hybridized carbons (Fsp3) is 0.947. The first-order valence-electron chi connectivity index (χ1n) is 9.69. The van der Waals surface area contributed by atoms with E-state index in [4.69, 9.17) is 0 Å². The van der Waals surface area contributed by atoms with Crippen molar-refractivity contribution in [1.82, 2.24) is 10.2 Å². The van der Waals surface area contributed by atoms with Gasteiger partial charge in [0.25, 0.3) is 0 Å². The minimum Gasteiger partial charge on any atom is -0.390 e. The highest BCUT2D eigenvalue weighted by Gasteiger charge is 2.57. The minimum atomic E-state index is -0.447. The van der Waals surface area contributed by atoms with E-state index in [0.29, 0.717) is 24.2 Å². The van der Waals surface area contributed by atoms with Crippen molar-refractivity contribution in [1.29, 1.82) is 0 Å². The lowest BCUT2D eigenvalue weighted by Crippen LogP contribution is -2.56. The zero-order chi connectivity index (χ0) is 16.1. The summed E-state index contributed by atoms with van der Waals surface area (Å²) in [5, 5.41) is 14.0. The molecule has 4 bridgehead atoms. The van der Waals surface area contributed by atoms with Gasteiger partial charge in [0.05, 0.1) is 5.60 Å². The molecule has 1 aliphatic heterocycles. The number of hydrogen-bond acceptors (Lipinski definition) is 3. The zero-order valence-corrected chi connectivity index (χ0v) is 14.5. The van der Waals surface area contributed by atoms with E-state index in [1.54, 1.807) is 0 Å². The number of nitrogens with zero attached hydrogens (tertiary/aromatic N) is 1. The summed E-state index contributed by atoms with van der Waals surface area (Å²) in [5.41, 5.74) is -0.342. The molecule has 3 atom stereocenters. The Morgan fingerprint density at radius 3 is 2.61 bits per heavy atom. The molecule has 1 heterocycles. The Hall–Kier alpha value is -0.610. The number of amides is 1. The predicted octanol–water partition coefficient (Wildman–Crippen LogP) is 2.17. The van der Waals surface area contributed by atoms with Crippen LogP contribution in [-0.4, -0.2) is 47.7 Å². The Morgan fingerprint density at radius 2 is 2.00 bits per heavy atom. The molecule has 0 aromatic heterocycles. The van der Waals surface area contributed by atoms with Crippen LogP contribution >= 0.6 is 0 Å². The molecule has 5 rings (SSSR count). The topological polar surface area (TPSA) is 52.6 Å². The highest BCUT2D eigenvalue weighted by atomic mass is 16.3. The van der Waals surface area contributed by atoms with Gasteiger partial charge in [-0.05, 0) is 81.2 Å². The molecule has 2 N–H and O–H groups in total. The smallest absolute Gasteiger partial charge is 0.220 e. The lowest BCUT2D eigenvalue weighted by Gasteiger charge is -2.60. The van der Waals surface area contributed by atoms with Crippen molar-refractivity contribution in [3.63, 3.8) is 0 Å². The van der Waals surface area contributed by atoms with E-state index in [1.807, 2.05) is 0 Å². The van der Waals surface area contributed by atoms with Crippen LogP contribution in [0.2, 0.25) is 0 Å². The summed E-state index contributed by atoms with van der Waals surface area (Å²) in [7, 11) is 0. The van der Waals surface area contributed by atoms with Gasteiger partial charge in [-0.3, -0.25) is 4.79 Å². The lowest BCUT2D eigenvalue weighted by molar-refractivity contribution is -0.169. The van der Waals surface area contributed by atoms with Crippen LogP contribution in [0.1, 0.15) is 58.3 Å². The summed E-state index contributed by atoms with van der Waals surface area (Å²) in [6.07, 6.45) is 8.34. The van der Waals surface area contributed by atoms with Crippen LogP contribution in [0.4, 0.5) is 0 Å². The molecule has 4 nitrogen and oxygen atoms in total. The van der Waals surface area contributed by atoms with Crippen molar-refractivity contribution in [2.24, 2.45) is 23.2 Å². The van der Waals surface area contributed by atoms with Crippen molar-refractivity contribution >= 4 is 5.91 Å². The number of likely N-dealkylation sites (tertiary alicyclic amines) is 1. The predicted molar refractivity (Wildman–Crippen MR) is 89.9 cm³/mol. The van der Waals surface area contributed by atoms with Gasteiger partial charge in [0.15, 0.2) is 0 Å². The molecule has 0 unspecified atom stereocenters. The normalized spacial score (nSPS) is 45.6. The van der Waals surface area contributed by atoms with E-state index in [2.05, 4.69) is 17.1 Å². The average Bonchev–Trinajstić information content (AvgIpc) is 2.90. The summed E-state index contributed by atoms with van der Waals surface area (Å²) in [4.78, 5) is 15.0. The summed E-state index contributed by atoms with van der Waals surface area (Å²) in [6, 6.07) is 0. The molecule has 0 aromatic rings. The highest BCUT2D eigenvalue weighted by Crippen LogP contribution is 2.62. The summed E-state index contributed by atoms with van der Waals surface area (Å²) >= 11 is 0. The molecule has 5 aliphatic rings. The minimum absolute atomic E-state index is 0.105. The second-order valence-corrected chi connectivity index (χ2v) is 9.21. The third-order valence-electron chi connectivity index (χ3n) is 7.09. The third kappa shape index (κ3) is 3.17. The van der Waals surface area contributed by atoms with Gasteiger partial charge in [-0.15, -0.1) is 0 Å².